The van der Waals surface area contributed by atoms with Crippen LogP contribution in [0.15, 0.2) is 30.5 Å². The Balaban J connectivity index is 2.15. The van der Waals surface area contributed by atoms with Crippen LogP contribution in [0.1, 0.15) is 23.0 Å². The van der Waals surface area contributed by atoms with Gasteiger partial charge in [0.25, 0.3) is 5.91 Å². The molecule has 2 aromatic rings. The summed E-state index contributed by atoms with van der Waals surface area (Å²) in [5, 5.41) is 16.8. The van der Waals surface area contributed by atoms with Crippen LogP contribution >= 0.6 is 11.6 Å². The molecule has 0 aliphatic heterocycles. The summed E-state index contributed by atoms with van der Waals surface area (Å²) in [7, 11) is 0. The lowest BCUT2D eigenvalue weighted by atomic mass is 10.2. The van der Waals surface area contributed by atoms with Crippen molar-refractivity contribution >= 4 is 17.5 Å². The first kappa shape index (κ1) is 15.5. The van der Waals surface area contributed by atoms with Crippen molar-refractivity contribution in [3.63, 3.8) is 0 Å². The summed E-state index contributed by atoms with van der Waals surface area (Å²) in [5.74, 6) is -0.159. The third kappa shape index (κ3) is 3.83. The van der Waals surface area contributed by atoms with Crippen LogP contribution in [-0.4, -0.2) is 33.9 Å². The summed E-state index contributed by atoms with van der Waals surface area (Å²) in [6.45, 7) is 4.13. The normalized spacial score (nSPS) is 12.2. The maximum Gasteiger partial charge on any atom is 0.254 e. The highest BCUT2D eigenvalue weighted by Crippen LogP contribution is 2.15. The number of aromatic nitrogens is 2. The maximum absolute atomic E-state index is 12.1. The highest BCUT2D eigenvalue weighted by molar-refractivity contribution is 6.30. The van der Waals surface area contributed by atoms with Crippen LogP contribution in [0.3, 0.4) is 0 Å². The smallest absolute Gasteiger partial charge is 0.254 e. The topological polar surface area (TPSA) is 67.2 Å². The number of nitrogens with zero attached hydrogens (tertiary/aromatic N) is 2. The molecule has 6 heteroatoms. The molecule has 112 valence electrons. The Labute approximate surface area is 128 Å². The second kappa shape index (κ2) is 6.74. The molecule has 0 saturated heterocycles. The lowest BCUT2D eigenvalue weighted by Gasteiger charge is -2.08. The predicted octanol–water partition coefficient (Wildman–Crippen LogP) is 2.19. The zero-order valence-electron chi connectivity index (χ0n) is 12.0. The van der Waals surface area contributed by atoms with E-state index in [1.807, 2.05) is 19.1 Å². The minimum absolute atomic E-state index is 0.0283. The summed E-state index contributed by atoms with van der Waals surface area (Å²) < 4.78 is 1.65. The minimum atomic E-state index is -0.187. The molecule has 1 aromatic heterocycles. The van der Waals surface area contributed by atoms with Gasteiger partial charge in [-0.1, -0.05) is 18.5 Å². The fourth-order valence-electron chi connectivity index (χ4n) is 1.84. The molecular weight excluding hydrogens is 290 g/mol. The van der Waals surface area contributed by atoms with Crippen molar-refractivity contribution in [3.05, 3.63) is 46.7 Å². The molecule has 0 radical (unpaired) electrons. The molecule has 1 atom stereocenters. The molecule has 0 spiro atoms. The summed E-state index contributed by atoms with van der Waals surface area (Å²) in [6.07, 6.45) is 1.69. The van der Waals surface area contributed by atoms with Gasteiger partial charge in [0.2, 0.25) is 0 Å². The lowest BCUT2D eigenvalue weighted by Crippen LogP contribution is -2.29. The zero-order chi connectivity index (χ0) is 15.4. The van der Waals surface area contributed by atoms with E-state index in [9.17, 15) is 4.79 Å². The van der Waals surface area contributed by atoms with Crippen molar-refractivity contribution in [2.75, 3.05) is 13.2 Å². The molecule has 1 aromatic carbocycles. The second-order valence-electron chi connectivity index (χ2n) is 5.05. The Morgan fingerprint density at radius 2 is 2.10 bits per heavy atom. The van der Waals surface area contributed by atoms with E-state index in [4.69, 9.17) is 16.7 Å². The molecule has 1 heterocycles. The van der Waals surface area contributed by atoms with Gasteiger partial charge in [-0.2, -0.15) is 5.10 Å². The number of aliphatic hydroxyl groups excluding tert-OH is 1. The summed E-state index contributed by atoms with van der Waals surface area (Å²) in [4.78, 5) is 12.1. The Morgan fingerprint density at radius 1 is 1.43 bits per heavy atom. The van der Waals surface area contributed by atoms with Gasteiger partial charge in [0.1, 0.15) is 0 Å². The van der Waals surface area contributed by atoms with E-state index in [0.29, 0.717) is 22.8 Å². The Kier molecular flexibility index (Phi) is 4.98. The van der Waals surface area contributed by atoms with Crippen LogP contribution in [-0.2, 0) is 0 Å². The number of aryl methyl sites for hydroxylation is 1. The third-order valence-electron chi connectivity index (χ3n) is 3.16. The average molecular weight is 308 g/mol. The number of nitrogens with one attached hydrogen (secondary N) is 1. The van der Waals surface area contributed by atoms with Crippen molar-refractivity contribution in [2.45, 2.75) is 13.8 Å². The third-order valence-corrected chi connectivity index (χ3v) is 3.41. The fraction of sp³-hybridized carbons (Fsp3) is 0.333. The van der Waals surface area contributed by atoms with Gasteiger partial charge in [-0.15, -0.1) is 0 Å². The number of rotatable bonds is 5. The number of carbonyl (C=O) groups excluding carboxylic acids is 1. The van der Waals surface area contributed by atoms with E-state index in [0.717, 1.165) is 5.69 Å². The summed E-state index contributed by atoms with van der Waals surface area (Å²) >= 11 is 5.86. The number of halogens is 1. The van der Waals surface area contributed by atoms with Gasteiger partial charge in [0.15, 0.2) is 0 Å². The fourth-order valence-corrected chi connectivity index (χ4v) is 1.96. The summed E-state index contributed by atoms with van der Waals surface area (Å²) in [5.41, 5.74) is 2.01. The minimum Gasteiger partial charge on any atom is -0.396 e. The van der Waals surface area contributed by atoms with Crippen molar-refractivity contribution < 1.29 is 9.90 Å². The highest BCUT2D eigenvalue weighted by Gasteiger charge is 2.14. The van der Waals surface area contributed by atoms with Crippen LogP contribution in [0.4, 0.5) is 0 Å². The molecule has 21 heavy (non-hydrogen) atoms. The van der Waals surface area contributed by atoms with Gasteiger partial charge in [-0.3, -0.25) is 4.79 Å². The van der Waals surface area contributed by atoms with Gasteiger partial charge in [0, 0.05) is 24.4 Å². The van der Waals surface area contributed by atoms with Crippen LogP contribution in [0, 0.1) is 12.8 Å². The van der Waals surface area contributed by atoms with E-state index in [2.05, 4.69) is 10.4 Å². The van der Waals surface area contributed by atoms with Gasteiger partial charge in [-0.25, -0.2) is 4.68 Å². The largest absolute Gasteiger partial charge is 0.396 e. The van der Waals surface area contributed by atoms with Gasteiger partial charge in [-0.05, 0) is 37.1 Å². The van der Waals surface area contributed by atoms with Crippen molar-refractivity contribution in [2.24, 2.45) is 5.92 Å². The first-order valence-corrected chi connectivity index (χ1v) is 7.10. The molecule has 1 amide bonds. The van der Waals surface area contributed by atoms with Crippen LogP contribution in [0.5, 0.6) is 0 Å². The molecule has 0 bridgehead atoms. The number of benzene rings is 1. The molecular formula is C15H18ClN3O2. The first-order valence-electron chi connectivity index (χ1n) is 6.72. The Bertz CT molecular complexity index is 622. The van der Waals surface area contributed by atoms with Crippen LogP contribution in [0.2, 0.25) is 5.02 Å². The van der Waals surface area contributed by atoms with E-state index in [1.54, 1.807) is 29.9 Å². The molecule has 2 rings (SSSR count). The number of hydrogen-bond acceptors (Lipinski definition) is 3. The first-order chi connectivity index (χ1) is 10.0. The van der Waals surface area contributed by atoms with Crippen molar-refractivity contribution in [1.82, 2.24) is 15.1 Å². The molecule has 2 N–H and O–H groups in total. The van der Waals surface area contributed by atoms with Crippen LogP contribution < -0.4 is 5.32 Å². The van der Waals surface area contributed by atoms with Gasteiger partial charge >= 0.3 is 0 Å². The number of aliphatic hydroxyl groups is 1. The lowest BCUT2D eigenvalue weighted by molar-refractivity contribution is 0.0941. The van der Waals surface area contributed by atoms with Crippen LogP contribution in [0.25, 0.3) is 5.69 Å². The average Bonchev–Trinajstić information content (AvgIpc) is 2.87. The molecule has 0 aliphatic carbocycles. The molecule has 1 unspecified atom stereocenters. The quantitative estimate of drug-likeness (QED) is 0.890. The zero-order valence-corrected chi connectivity index (χ0v) is 12.8. The van der Waals surface area contributed by atoms with Gasteiger partial charge < -0.3 is 10.4 Å². The Morgan fingerprint density at radius 3 is 2.71 bits per heavy atom. The number of hydrogen-bond donors (Lipinski definition) is 2. The highest BCUT2D eigenvalue weighted by atomic mass is 35.5. The number of amides is 1. The van der Waals surface area contributed by atoms with Gasteiger partial charge in [0.05, 0.1) is 16.9 Å². The van der Waals surface area contributed by atoms with E-state index >= 15 is 0 Å². The standard InChI is InChI=1S/C15H18ClN3O2/c1-10(9-20)7-17-15(21)14-8-19(18-11(14)2)13-5-3-12(16)4-6-13/h3-6,8,10,20H,7,9H2,1-2H3,(H,17,21). The predicted molar refractivity (Wildman–Crippen MR) is 81.9 cm³/mol. The molecule has 0 saturated carbocycles. The van der Waals surface area contributed by atoms with E-state index < -0.39 is 0 Å². The van der Waals surface area contributed by atoms with Crippen molar-refractivity contribution in [1.29, 1.82) is 0 Å². The van der Waals surface area contributed by atoms with E-state index in [-0.39, 0.29) is 18.4 Å². The molecule has 5 nitrogen and oxygen atoms in total. The molecule has 0 fully saturated rings. The van der Waals surface area contributed by atoms with Crippen molar-refractivity contribution in [3.8, 4) is 5.69 Å². The summed E-state index contributed by atoms with van der Waals surface area (Å²) in [6, 6.07) is 7.22. The monoisotopic (exact) mass is 307 g/mol. The Hall–Kier alpha value is -1.85. The second-order valence-corrected chi connectivity index (χ2v) is 5.48. The van der Waals surface area contributed by atoms with E-state index in [1.165, 1.54) is 0 Å². The number of carbonyl (C=O) groups is 1. The SMILES string of the molecule is Cc1nn(-c2ccc(Cl)cc2)cc1C(=O)NCC(C)CO. The maximum atomic E-state index is 12.1. The molecule has 0 aliphatic rings.